The van der Waals surface area contributed by atoms with Gasteiger partial charge in [-0.25, -0.2) is 19.7 Å². The zero-order valence-corrected chi connectivity index (χ0v) is 18.3. The molecule has 158 valence electrons. The topological polar surface area (TPSA) is 116 Å². The average molecular weight is 428 g/mol. The van der Waals surface area contributed by atoms with Crippen molar-refractivity contribution >= 4 is 51.0 Å². The standard InChI is InChI=1S/C19H25N9OS/c1-11-5-6-13(15(22-11)26(3)4)23-19(29)27-7-8-28(12(2)9-27)16-14-17(30-10-21-14)25-18(20)24-16/h5-6,10,12H,7-9H2,1-4H3,(H,23,29)(H2,20,24,25)/t12-/m0/s1. The van der Waals surface area contributed by atoms with E-state index >= 15 is 0 Å². The molecule has 2 amide bonds. The number of pyridine rings is 1. The first-order valence-electron chi connectivity index (χ1n) is 9.67. The number of nitrogen functional groups attached to an aromatic ring is 1. The van der Waals surface area contributed by atoms with Crippen LogP contribution in [0.5, 0.6) is 0 Å². The number of rotatable bonds is 3. The third kappa shape index (κ3) is 3.80. The summed E-state index contributed by atoms with van der Waals surface area (Å²) >= 11 is 1.44. The van der Waals surface area contributed by atoms with Crippen molar-refractivity contribution < 1.29 is 4.79 Å². The van der Waals surface area contributed by atoms with Crippen molar-refractivity contribution in [3.8, 4) is 0 Å². The molecule has 1 aliphatic heterocycles. The molecule has 30 heavy (non-hydrogen) atoms. The van der Waals surface area contributed by atoms with Gasteiger partial charge in [-0.1, -0.05) is 0 Å². The first-order chi connectivity index (χ1) is 14.3. The van der Waals surface area contributed by atoms with Crippen LogP contribution in [0.3, 0.4) is 0 Å². The highest BCUT2D eigenvalue weighted by atomic mass is 32.1. The van der Waals surface area contributed by atoms with Crippen LogP contribution in [-0.2, 0) is 0 Å². The van der Waals surface area contributed by atoms with Gasteiger partial charge in [-0.2, -0.15) is 4.98 Å². The molecule has 11 heteroatoms. The normalized spacial score (nSPS) is 16.7. The lowest BCUT2D eigenvalue weighted by molar-refractivity contribution is 0.200. The second-order valence-electron chi connectivity index (χ2n) is 7.55. The van der Waals surface area contributed by atoms with Crippen LogP contribution in [0.1, 0.15) is 12.6 Å². The fourth-order valence-corrected chi connectivity index (χ4v) is 4.26. The predicted octanol–water partition coefficient (Wildman–Crippen LogP) is 2.18. The molecule has 1 fully saturated rings. The Bertz CT molecular complexity index is 1080. The van der Waals surface area contributed by atoms with Gasteiger partial charge in [0.2, 0.25) is 5.95 Å². The third-order valence-electron chi connectivity index (χ3n) is 5.06. The largest absolute Gasteiger partial charge is 0.368 e. The molecule has 3 aromatic rings. The Morgan fingerprint density at radius 2 is 2.07 bits per heavy atom. The second-order valence-corrected chi connectivity index (χ2v) is 8.38. The van der Waals surface area contributed by atoms with Gasteiger partial charge in [0, 0.05) is 45.5 Å². The number of aromatic nitrogens is 4. The molecule has 0 aliphatic carbocycles. The van der Waals surface area contributed by atoms with Crippen molar-refractivity contribution in [2.75, 3.05) is 54.6 Å². The van der Waals surface area contributed by atoms with Crippen LogP contribution in [0.4, 0.5) is 28.1 Å². The van der Waals surface area contributed by atoms with Crippen molar-refractivity contribution in [3.05, 3.63) is 23.3 Å². The van der Waals surface area contributed by atoms with Crippen LogP contribution in [0.2, 0.25) is 0 Å². The van der Waals surface area contributed by atoms with Crippen molar-refractivity contribution in [3.63, 3.8) is 0 Å². The summed E-state index contributed by atoms with van der Waals surface area (Å²) in [6.45, 7) is 5.73. The molecule has 1 aliphatic rings. The van der Waals surface area contributed by atoms with Gasteiger partial charge in [-0.15, -0.1) is 11.3 Å². The zero-order valence-electron chi connectivity index (χ0n) is 17.5. The number of carbonyl (C=O) groups excluding carboxylic acids is 1. The molecule has 0 bridgehead atoms. The van der Waals surface area contributed by atoms with Gasteiger partial charge in [0.15, 0.2) is 16.5 Å². The SMILES string of the molecule is Cc1ccc(NC(=O)N2CCN(c3nc(N)nc4scnc34)[C@@H](C)C2)c(N(C)C)n1. The Morgan fingerprint density at radius 3 is 2.80 bits per heavy atom. The van der Waals surface area contributed by atoms with E-state index in [9.17, 15) is 4.79 Å². The van der Waals surface area contributed by atoms with E-state index in [0.717, 1.165) is 27.7 Å². The average Bonchev–Trinajstić information content (AvgIpc) is 3.17. The smallest absolute Gasteiger partial charge is 0.322 e. The van der Waals surface area contributed by atoms with E-state index in [2.05, 4.69) is 37.1 Å². The van der Waals surface area contributed by atoms with E-state index in [-0.39, 0.29) is 18.0 Å². The number of fused-ring (bicyclic) bond motifs is 1. The molecule has 0 aromatic carbocycles. The summed E-state index contributed by atoms with van der Waals surface area (Å²) in [6, 6.07) is 3.68. The number of aryl methyl sites for hydroxylation is 1. The van der Waals surface area contributed by atoms with Crippen molar-refractivity contribution in [1.82, 2.24) is 24.8 Å². The highest BCUT2D eigenvalue weighted by Crippen LogP contribution is 2.29. The number of anilines is 4. The molecule has 0 unspecified atom stereocenters. The molecule has 0 saturated carbocycles. The van der Waals surface area contributed by atoms with Gasteiger partial charge in [-0.05, 0) is 26.0 Å². The van der Waals surface area contributed by atoms with Crippen molar-refractivity contribution in [1.29, 1.82) is 0 Å². The van der Waals surface area contributed by atoms with Gasteiger partial charge in [0.05, 0.1) is 11.2 Å². The predicted molar refractivity (Wildman–Crippen MR) is 120 cm³/mol. The number of nitrogens with two attached hydrogens (primary N) is 1. The van der Waals surface area contributed by atoms with Crippen LogP contribution in [0.15, 0.2) is 17.6 Å². The highest BCUT2D eigenvalue weighted by Gasteiger charge is 2.30. The summed E-state index contributed by atoms with van der Waals surface area (Å²) in [4.78, 5) is 37.1. The number of hydrogen-bond donors (Lipinski definition) is 2. The number of nitrogens with zero attached hydrogens (tertiary/aromatic N) is 7. The minimum atomic E-state index is -0.142. The Balaban J connectivity index is 1.49. The van der Waals surface area contributed by atoms with E-state index in [4.69, 9.17) is 5.73 Å². The van der Waals surface area contributed by atoms with Crippen LogP contribution < -0.4 is 20.9 Å². The lowest BCUT2D eigenvalue weighted by Gasteiger charge is -2.40. The van der Waals surface area contributed by atoms with E-state index in [1.54, 1.807) is 5.51 Å². The summed E-state index contributed by atoms with van der Waals surface area (Å²) in [5.41, 5.74) is 9.98. The number of hydrogen-bond acceptors (Lipinski definition) is 9. The first-order valence-corrected chi connectivity index (χ1v) is 10.6. The molecule has 3 aromatic heterocycles. The fraction of sp³-hybridized carbons (Fsp3) is 0.421. The summed E-state index contributed by atoms with van der Waals surface area (Å²) in [6.07, 6.45) is 0. The first kappa shape index (κ1) is 20.1. The maximum Gasteiger partial charge on any atom is 0.322 e. The molecule has 10 nitrogen and oxygen atoms in total. The number of amides is 2. The van der Waals surface area contributed by atoms with Crippen LogP contribution >= 0.6 is 11.3 Å². The zero-order chi connectivity index (χ0) is 21.4. The van der Waals surface area contributed by atoms with Gasteiger partial charge < -0.3 is 25.8 Å². The quantitative estimate of drug-likeness (QED) is 0.653. The molecular formula is C19H25N9OS. The molecule has 4 heterocycles. The fourth-order valence-electron chi connectivity index (χ4n) is 3.60. The Hall–Kier alpha value is -3.21. The van der Waals surface area contributed by atoms with Crippen LogP contribution in [-0.4, -0.2) is 70.6 Å². The highest BCUT2D eigenvalue weighted by molar-refractivity contribution is 7.16. The van der Waals surface area contributed by atoms with E-state index in [1.807, 2.05) is 43.0 Å². The van der Waals surface area contributed by atoms with Crippen LogP contribution in [0, 0.1) is 6.92 Å². The van der Waals surface area contributed by atoms with Gasteiger partial charge in [-0.3, -0.25) is 0 Å². The summed E-state index contributed by atoms with van der Waals surface area (Å²) in [7, 11) is 3.82. The van der Waals surface area contributed by atoms with Gasteiger partial charge in [0.1, 0.15) is 5.52 Å². The molecule has 0 spiro atoms. The van der Waals surface area contributed by atoms with Gasteiger partial charge in [0.25, 0.3) is 0 Å². The summed E-state index contributed by atoms with van der Waals surface area (Å²) < 4.78 is 0. The molecule has 1 atom stereocenters. The number of thiazole rings is 1. The molecule has 3 N–H and O–H groups in total. The lowest BCUT2D eigenvalue weighted by Crippen LogP contribution is -2.55. The number of urea groups is 1. The Kier molecular flexibility index (Phi) is 5.29. The second kappa shape index (κ2) is 7.90. The molecular weight excluding hydrogens is 402 g/mol. The van der Waals surface area contributed by atoms with E-state index < -0.39 is 0 Å². The molecule has 0 radical (unpaired) electrons. The Labute approximate surface area is 178 Å². The third-order valence-corrected chi connectivity index (χ3v) is 5.78. The minimum absolute atomic E-state index is 0.0492. The maximum absolute atomic E-state index is 12.9. The van der Waals surface area contributed by atoms with Gasteiger partial charge >= 0.3 is 6.03 Å². The number of nitrogens with one attached hydrogen (secondary N) is 1. The molecule has 1 saturated heterocycles. The van der Waals surface area contributed by atoms with E-state index in [0.29, 0.717) is 25.3 Å². The van der Waals surface area contributed by atoms with Crippen molar-refractivity contribution in [2.45, 2.75) is 19.9 Å². The summed E-state index contributed by atoms with van der Waals surface area (Å²) in [5, 5.41) is 3.01. The number of piperazine rings is 1. The number of carbonyl (C=O) groups is 1. The minimum Gasteiger partial charge on any atom is -0.368 e. The van der Waals surface area contributed by atoms with E-state index in [1.165, 1.54) is 11.3 Å². The molecule has 4 rings (SSSR count). The van der Waals surface area contributed by atoms with Crippen LogP contribution in [0.25, 0.3) is 10.3 Å². The van der Waals surface area contributed by atoms with Crippen molar-refractivity contribution in [2.24, 2.45) is 0 Å². The monoisotopic (exact) mass is 427 g/mol. The summed E-state index contributed by atoms with van der Waals surface area (Å²) in [5.74, 6) is 1.69. The maximum atomic E-state index is 12.9. The Morgan fingerprint density at radius 1 is 1.27 bits per heavy atom. The lowest BCUT2D eigenvalue weighted by atomic mass is 10.2.